The first-order valence-corrected chi connectivity index (χ1v) is 3.06. The average molecular weight is 190 g/mol. The molecule has 0 aliphatic heterocycles. The van der Waals surface area contributed by atoms with E-state index >= 15 is 0 Å². The van der Waals surface area contributed by atoms with Gasteiger partial charge >= 0.3 is 51.4 Å². The molecular formula is C8H11KN2O. The minimum atomic E-state index is -0.541. The van der Waals surface area contributed by atoms with Crippen LogP contribution in [0.2, 0.25) is 0 Å². The topological polar surface area (TPSA) is 57.2 Å². The second-order valence-electron chi connectivity index (χ2n) is 1.80. The number of amides is 1. The fourth-order valence-electron chi connectivity index (χ4n) is 0.653. The van der Waals surface area contributed by atoms with Crippen molar-refractivity contribution in [3.63, 3.8) is 0 Å². The van der Waals surface area contributed by atoms with E-state index < -0.39 is 5.91 Å². The van der Waals surface area contributed by atoms with Crippen LogP contribution in [0, 0.1) is 0 Å². The van der Waals surface area contributed by atoms with Crippen LogP contribution in [0.1, 0.15) is 0 Å². The van der Waals surface area contributed by atoms with E-state index in [9.17, 15) is 4.79 Å². The molecule has 0 radical (unpaired) electrons. The van der Waals surface area contributed by atoms with Gasteiger partial charge in [-0.05, 0) is 0 Å². The molecule has 0 rings (SSSR count). The predicted octanol–water partition coefficient (Wildman–Crippen LogP) is -1.89. The minimum absolute atomic E-state index is 0. The van der Waals surface area contributed by atoms with E-state index in [1.165, 1.54) is 12.2 Å². The smallest absolute Gasteiger partial charge is 0.686 e. The molecule has 0 saturated heterocycles. The van der Waals surface area contributed by atoms with E-state index in [1.807, 2.05) is 0 Å². The predicted molar refractivity (Wildman–Crippen MR) is 45.9 cm³/mol. The molecule has 0 unspecified atom stereocenters. The van der Waals surface area contributed by atoms with Crippen molar-refractivity contribution < 1.29 is 56.2 Å². The molecule has 60 valence electrons. The van der Waals surface area contributed by atoms with Crippen molar-refractivity contribution in [2.75, 3.05) is 7.05 Å². The van der Waals surface area contributed by atoms with E-state index in [2.05, 4.69) is 18.5 Å². The summed E-state index contributed by atoms with van der Waals surface area (Å²) in [6.07, 6.45) is 2.83. The SMILES string of the molecule is C=C/C([N-]C)=C(\C=C)C(N)=O.[K+]. The third-order valence-electron chi connectivity index (χ3n) is 1.18. The summed E-state index contributed by atoms with van der Waals surface area (Å²) in [4.78, 5) is 10.7. The molecule has 0 aromatic carbocycles. The van der Waals surface area contributed by atoms with Gasteiger partial charge in [-0.3, -0.25) is 4.79 Å². The van der Waals surface area contributed by atoms with Crippen LogP contribution in [0.15, 0.2) is 36.6 Å². The fraction of sp³-hybridized carbons (Fsp3) is 0.125. The number of nitrogens with two attached hydrogens (primary N) is 1. The molecule has 0 aliphatic rings. The summed E-state index contributed by atoms with van der Waals surface area (Å²) in [5, 5.41) is 3.79. The van der Waals surface area contributed by atoms with Crippen LogP contribution < -0.4 is 57.1 Å². The summed E-state index contributed by atoms with van der Waals surface area (Å²) < 4.78 is 0. The Morgan fingerprint density at radius 3 is 2.00 bits per heavy atom. The van der Waals surface area contributed by atoms with Crippen molar-refractivity contribution in [1.29, 1.82) is 0 Å². The van der Waals surface area contributed by atoms with Crippen LogP contribution in [0.3, 0.4) is 0 Å². The van der Waals surface area contributed by atoms with E-state index in [0.29, 0.717) is 11.3 Å². The van der Waals surface area contributed by atoms with Gasteiger partial charge in [0.25, 0.3) is 0 Å². The van der Waals surface area contributed by atoms with Crippen LogP contribution in [0.25, 0.3) is 5.32 Å². The Bertz CT molecular complexity index is 221. The van der Waals surface area contributed by atoms with Crippen LogP contribution in [0.5, 0.6) is 0 Å². The molecule has 0 aliphatic carbocycles. The maximum Gasteiger partial charge on any atom is 1.00 e. The van der Waals surface area contributed by atoms with Gasteiger partial charge in [0.05, 0.1) is 0 Å². The van der Waals surface area contributed by atoms with Crippen molar-refractivity contribution in [2.24, 2.45) is 5.73 Å². The molecule has 0 bridgehead atoms. The van der Waals surface area contributed by atoms with Crippen molar-refractivity contribution in [2.45, 2.75) is 0 Å². The largest absolute Gasteiger partial charge is 1.00 e. The molecule has 0 aromatic heterocycles. The molecule has 0 fully saturated rings. The van der Waals surface area contributed by atoms with Crippen LogP contribution >= 0.6 is 0 Å². The van der Waals surface area contributed by atoms with E-state index in [-0.39, 0.29) is 51.4 Å². The molecule has 0 heterocycles. The molecule has 1 amide bonds. The maximum atomic E-state index is 10.7. The van der Waals surface area contributed by atoms with Gasteiger partial charge < -0.3 is 11.1 Å². The Labute approximate surface area is 115 Å². The van der Waals surface area contributed by atoms with Crippen LogP contribution in [-0.4, -0.2) is 13.0 Å². The zero-order chi connectivity index (χ0) is 8.85. The fourth-order valence-corrected chi connectivity index (χ4v) is 0.653. The summed E-state index contributed by atoms with van der Waals surface area (Å²) >= 11 is 0. The zero-order valence-corrected chi connectivity index (χ0v) is 10.6. The van der Waals surface area contributed by atoms with Crippen molar-refractivity contribution in [1.82, 2.24) is 0 Å². The Hall–Kier alpha value is 0.126. The second kappa shape index (κ2) is 7.76. The quantitative estimate of drug-likeness (QED) is 0.314. The molecule has 2 N–H and O–H groups in total. The van der Waals surface area contributed by atoms with E-state index in [4.69, 9.17) is 5.73 Å². The second-order valence-corrected chi connectivity index (χ2v) is 1.80. The first kappa shape index (κ1) is 14.6. The number of nitrogens with zero attached hydrogens (tertiary/aromatic N) is 1. The first-order valence-electron chi connectivity index (χ1n) is 3.06. The Morgan fingerprint density at radius 1 is 1.42 bits per heavy atom. The van der Waals surface area contributed by atoms with Gasteiger partial charge in [-0.25, -0.2) is 0 Å². The van der Waals surface area contributed by atoms with Crippen LogP contribution in [0.4, 0.5) is 0 Å². The maximum absolute atomic E-state index is 10.7. The van der Waals surface area contributed by atoms with Crippen molar-refractivity contribution in [3.8, 4) is 0 Å². The summed E-state index contributed by atoms with van der Waals surface area (Å²) in [6, 6.07) is 0. The molecule has 0 aromatic rings. The van der Waals surface area contributed by atoms with E-state index in [1.54, 1.807) is 7.05 Å². The average Bonchev–Trinajstić information content (AvgIpc) is 1.99. The van der Waals surface area contributed by atoms with Gasteiger partial charge in [-0.1, -0.05) is 18.7 Å². The number of primary amides is 1. The molecule has 12 heavy (non-hydrogen) atoms. The number of hydrogen-bond donors (Lipinski definition) is 1. The van der Waals surface area contributed by atoms with Gasteiger partial charge in [-0.2, -0.15) is 0 Å². The third kappa shape index (κ3) is 4.23. The van der Waals surface area contributed by atoms with E-state index in [0.717, 1.165) is 0 Å². The standard InChI is InChI=1S/C8H12N2O.K/c1-4-6(8(9)11)7(5-2)10-3;/h4-5H,1-2H2,3H3,(H3,9,10,11);/q;+1/p-1. The molecule has 3 nitrogen and oxygen atoms in total. The Kier molecular flexibility index (Phi) is 9.47. The third-order valence-corrected chi connectivity index (χ3v) is 1.18. The van der Waals surface area contributed by atoms with Gasteiger partial charge in [0.1, 0.15) is 0 Å². The molecule has 0 saturated carbocycles. The summed E-state index contributed by atoms with van der Waals surface area (Å²) in [5.41, 5.74) is 5.78. The van der Waals surface area contributed by atoms with Gasteiger partial charge in [-0.15, -0.1) is 19.3 Å². The Morgan fingerprint density at radius 2 is 1.92 bits per heavy atom. The van der Waals surface area contributed by atoms with Crippen LogP contribution in [-0.2, 0) is 4.79 Å². The molecule has 0 atom stereocenters. The number of carbonyl (C=O) groups is 1. The normalized spacial score (nSPS) is 10.4. The molecular weight excluding hydrogens is 179 g/mol. The number of rotatable bonds is 4. The summed E-state index contributed by atoms with van der Waals surface area (Å²) in [7, 11) is 1.56. The van der Waals surface area contributed by atoms with Gasteiger partial charge in [0, 0.05) is 5.57 Å². The molecule has 0 spiro atoms. The number of carbonyl (C=O) groups excluding carboxylic acids is 1. The summed E-state index contributed by atoms with van der Waals surface area (Å²) in [6.45, 7) is 6.91. The van der Waals surface area contributed by atoms with Gasteiger partial charge in [0.2, 0.25) is 5.91 Å². The minimum Gasteiger partial charge on any atom is -0.686 e. The number of likely N-dealkylation sites (N-methyl/N-ethyl adjacent to an activating group) is 1. The Balaban J connectivity index is 0. The first-order chi connectivity index (χ1) is 5.17. The number of allylic oxidation sites excluding steroid dienone is 1. The molecule has 4 heteroatoms. The summed E-state index contributed by atoms with van der Waals surface area (Å²) in [5.74, 6) is -0.541. The van der Waals surface area contributed by atoms with Crippen molar-refractivity contribution in [3.05, 3.63) is 41.9 Å². The van der Waals surface area contributed by atoms with Gasteiger partial charge in [0.15, 0.2) is 0 Å². The number of hydrogen-bond acceptors (Lipinski definition) is 1. The van der Waals surface area contributed by atoms with Crippen molar-refractivity contribution >= 4 is 5.91 Å². The monoisotopic (exact) mass is 190 g/mol. The zero-order valence-electron chi connectivity index (χ0n) is 7.50.